The van der Waals surface area contributed by atoms with Gasteiger partial charge in [0, 0.05) is 32.4 Å². The third-order valence-electron chi connectivity index (χ3n) is 3.33. The fourth-order valence-corrected chi connectivity index (χ4v) is 2.09. The Morgan fingerprint density at radius 3 is 2.47 bits per heavy atom. The van der Waals surface area contributed by atoms with E-state index < -0.39 is 23.9 Å². The SMILES string of the molecule is COC(CNC(=O)C1CCC(F)(F)CC1)CC(=O)O. The molecule has 0 aromatic carbocycles. The molecule has 1 rings (SSSR count). The third kappa shape index (κ3) is 5.50. The standard InChI is InChI=1S/C12H19F2NO4/c1-19-9(6-10(16)17)7-15-11(18)8-2-4-12(13,14)5-3-8/h8-9H,2-7H2,1H3,(H,15,18)(H,16,17). The van der Waals surface area contributed by atoms with Crippen LogP contribution in [0.2, 0.25) is 0 Å². The summed E-state index contributed by atoms with van der Waals surface area (Å²) in [5.74, 6) is -4.39. The number of alkyl halides is 2. The molecule has 0 aliphatic heterocycles. The zero-order valence-corrected chi connectivity index (χ0v) is 10.8. The number of hydrogen-bond acceptors (Lipinski definition) is 3. The van der Waals surface area contributed by atoms with Gasteiger partial charge in [-0.15, -0.1) is 0 Å². The summed E-state index contributed by atoms with van der Waals surface area (Å²) in [6.07, 6.45) is -1.03. The topological polar surface area (TPSA) is 75.6 Å². The zero-order chi connectivity index (χ0) is 14.5. The van der Waals surface area contributed by atoms with Crippen molar-refractivity contribution in [1.29, 1.82) is 0 Å². The first-order chi connectivity index (χ1) is 8.84. The van der Waals surface area contributed by atoms with Gasteiger partial charge in [-0.1, -0.05) is 0 Å². The van der Waals surface area contributed by atoms with Crippen molar-refractivity contribution in [2.75, 3.05) is 13.7 Å². The average molecular weight is 279 g/mol. The Morgan fingerprint density at radius 1 is 1.42 bits per heavy atom. The molecule has 1 amide bonds. The van der Waals surface area contributed by atoms with Gasteiger partial charge < -0.3 is 15.2 Å². The third-order valence-corrected chi connectivity index (χ3v) is 3.33. The lowest BCUT2D eigenvalue weighted by atomic mass is 9.86. The maximum Gasteiger partial charge on any atom is 0.306 e. The number of carbonyl (C=O) groups excluding carboxylic acids is 1. The molecule has 1 saturated carbocycles. The smallest absolute Gasteiger partial charge is 0.306 e. The molecule has 0 saturated heterocycles. The average Bonchev–Trinajstić information content (AvgIpc) is 2.33. The first kappa shape index (κ1) is 15.8. The van der Waals surface area contributed by atoms with E-state index in [0.29, 0.717) is 0 Å². The fourth-order valence-electron chi connectivity index (χ4n) is 2.09. The lowest BCUT2D eigenvalue weighted by Gasteiger charge is -2.27. The van der Waals surface area contributed by atoms with E-state index in [1.54, 1.807) is 0 Å². The Labute approximate surface area is 110 Å². The number of carbonyl (C=O) groups is 2. The normalized spacial score (nSPS) is 20.8. The lowest BCUT2D eigenvalue weighted by Crippen LogP contribution is -2.40. The largest absolute Gasteiger partial charge is 0.481 e. The molecule has 1 aliphatic rings. The molecule has 110 valence electrons. The Kier molecular flexibility index (Phi) is 5.65. The van der Waals surface area contributed by atoms with Crippen LogP contribution in [0.5, 0.6) is 0 Å². The maximum absolute atomic E-state index is 12.9. The summed E-state index contributed by atoms with van der Waals surface area (Å²) < 4.78 is 30.8. The molecule has 0 heterocycles. The first-order valence-corrected chi connectivity index (χ1v) is 6.24. The van der Waals surface area contributed by atoms with Crippen molar-refractivity contribution in [3.8, 4) is 0 Å². The van der Waals surface area contributed by atoms with Gasteiger partial charge >= 0.3 is 5.97 Å². The van der Waals surface area contributed by atoms with E-state index in [0.717, 1.165) is 0 Å². The van der Waals surface area contributed by atoms with E-state index in [1.807, 2.05) is 0 Å². The molecule has 1 atom stereocenters. The molecule has 0 spiro atoms. The monoisotopic (exact) mass is 279 g/mol. The molecular formula is C12H19F2NO4. The second kappa shape index (κ2) is 6.79. The van der Waals surface area contributed by atoms with E-state index in [4.69, 9.17) is 9.84 Å². The second-order valence-corrected chi connectivity index (χ2v) is 4.83. The van der Waals surface area contributed by atoms with Crippen LogP contribution >= 0.6 is 0 Å². The van der Waals surface area contributed by atoms with Crippen molar-refractivity contribution in [2.24, 2.45) is 5.92 Å². The molecule has 0 bridgehead atoms. The van der Waals surface area contributed by atoms with Crippen molar-refractivity contribution in [3.05, 3.63) is 0 Å². The van der Waals surface area contributed by atoms with Gasteiger partial charge in [-0.2, -0.15) is 0 Å². The predicted molar refractivity (Wildman–Crippen MR) is 63.0 cm³/mol. The summed E-state index contributed by atoms with van der Waals surface area (Å²) in [6.45, 7) is 0.0779. The van der Waals surface area contributed by atoms with E-state index >= 15 is 0 Å². The Morgan fingerprint density at radius 2 is 2.00 bits per heavy atom. The van der Waals surface area contributed by atoms with Crippen LogP contribution in [0.1, 0.15) is 32.1 Å². The van der Waals surface area contributed by atoms with Crippen LogP contribution in [0.25, 0.3) is 0 Å². The minimum absolute atomic E-state index is 0.0779. The molecule has 1 fully saturated rings. The van der Waals surface area contributed by atoms with Crippen molar-refractivity contribution >= 4 is 11.9 Å². The fraction of sp³-hybridized carbons (Fsp3) is 0.833. The number of methoxy groups -OCH3 is 1. The van der Waals surface area contributed by atoms with Gasteiger partial charge in [0.05, 0.1) is 12.5 Å². The summed E-state index contributed by atoms with van der Waals surface area (Å²) in [6, 6.07) is 0. The number of amides is 1. The lowest BCUT2D eigenvalue weighted by molar-refractivity contribution is -0.140. The van der Waals surface area contributed by atoms with Gasteiger partial charge in [-0.05, 0) is 12.8 Å². The second-order valence-electron chi connectivity index (χ2n) is 4.83. The minimum Gasteiger partial charge on any atom is -0.481 e. The van der Waals surface area contributed by atoms with E-state index in [-0.39, 0.29) is 44.6 Å². The Hall–Kier alpha value is -1.24. The highest BCUT2D eigenvalue weighted by Crippen LogP contribution is 2.36. The number of hydrogen-bond donors (Lipinski definition) is 2. The van der Waals surface area contributed by atoms with Crippen LogP contribution < -0.4 is 5.32 Å². The molecule has 1 unspecified atom stereocenters. The number of carboxylic acids is 1. The predicted octanol–water partition coefficient (Wildman–Crippen LogP) is 1.42. The highest BCUT2D eigenvalue weighted by atomic mass is 19.3. The number of carboxylic acid groups (broad SMARTS) is 1. The highest BCUT2D eigenvalue weighted by Gasteiger charge is 2.37. The zero-order valence-electron chi connectivity index (χ0n) is 10.8. The summed E-state index contributed by atoms with van der Waals surface area (Å²) in [7, 11) is 1.36. The summed E-state index contributed by atoms with van der Waals surface area (Å²) in [5, 5.41) is 11.2. The van der Waals surface area contributed by atoms with Gasteiger partial charge in [0.25, 0.3) is 0 Å². The Balaban J connectivity index is 2.33. The van der Waals surface area contributed by atoms with Gasteiger partial charge in [0.1, 0.15) is 0 Å². The van der Waals surface area contributed by atoms with Gasteiger partial charge in [-0.25, -0.2) is 8.78 Å². The molecule has 19 heavy (non-hydrogen) atoms. The van der Waals surface area contributed by atoms with Gasteiger partial charge in [0.2, 0.25) is 11.8 Å². The molecule has 0 aromatic heterocycles. The van der Waals surface area contributed by atoms with E-state index in [9.17, 15) is 18.4 Å². The van der Waals surface area contributed by atoms with Crippen molar-refractivity contribution in [3.63, 3.8) is 0 Å². The minimum atomic E-state index is -2.66. The van der Waals surface area contributed by atoms with E-state index in [2.05, 4.69) is 5.32 Å². The van der Waals surface area contributed by atoms with Crippen molar-refractivity contribution < 1.29 is 28.2 Å². The number of ether oxygens (including phenoxy) is 1. The Bertz CT molecular complexity index is 326. The molecule has 1 aliphatic carbocycles. The molecule has 2 N–H and O–H groups in total. The number of halogens is 2. The molecule has 0 radical (unpaired) electrons. The molecule has 7 heteroatoms. The van der Waals surface area contributed by atoms with Crippen LogP contribution in [0.4, 0.5) is 8.78 Å². The van der Waals surface area contributed by atoms with Gasteiger partial charge in [0.15, 0.2) is 0 Å². The number of rotatable bonds is 6. The molecular weight excluding hydrogens is 260 g/mol. The van der Waals surface area contributed by atoms with Crippen LogP contribution in [-0.4, -0.2) is 42.7 Å². The first-order valence-electron chi connectivity index (χ1n) is 6.24. The summed E-state index contributed by atoms with van der Waals surface area (Å²) in [4.78, 5) is 22.3. The maximum atomic E-state index is 12.9. The van der Waals surface area contributed by atoms with Crippen molar-refractivity contribution in [2.45, 2.75) is 44.1 Å². The molecule has 0 aromatic rings. The quantitative estimate of drug-likeness (QED) is 0.771. The number of nitrogens with one attached hydrogen (secondary N) is 1. The van der Waals surface area contributed by atoms with Crippen LogP contribution in [0.15, 0.2) is 0 Å². The number of aliphatic carboxylic acids is 1. The highest BCUT2D eigenvalue weighted by molar-refractivity contribution is 5.78. The summed E-state index contributed by atoms with van der Waals surface area (Å²) in [5.41, 5.74) is 0. The van der Waals surface area contributed by atoms with Crippen LogP contribution in [0.3, 0.4) is 0 Å². The van der Waals surface area contributed by atoms with Crippen LogP contribution in [-0.2, 0) is 14.3 Å². The van der Waals surface area contributed by atoms with E-state index in [1.165, 1.54) is 7.11 Å². The van der Waals surface area contributed by atoms with Gasteiger partial charge in [-0.3, -0.25) is 9.59 Å². The molecule has 5 nitrogen and oxygen atoms in total. The van der Waals surface area contributed by atoms with Crippen LogP contribution in [0, 0.1) is 5.92 Å². The summed E-state index contributed by atoms with van der Waals surface area (Å²) >= 11 is 0. The van der Waals surface area contributed by atoms with Crippen molar-refractivity contribution in [1.82, 2.24) is 5.32 Å².